The van der Waals surface area contributed by atoms with Crippen molar-refractivity contribution in [3.63, 3.8) is 0 Å². The fourth-order valence-electron chi connectivity index (χ4n) is 2.96. The molecule has 0 aliphatic heterocycles. The summed E-state index contributed by atoms with van der Waals surface area (Å²) in [6.07, 6.45) is 0. The average Bonchev–Trinajstić information content (AvgIpc) is 2.58. The van der Waals surface area contributed by atoms with Gasteiger partial charge in [-0.25, -0.2) is 0 Å². The normalized spacial score (nSPS) is 10.3. The molecule has 0 heterocycles. The van der Waals surface area contributed by atoms with Crippen molar-refractivity contribution in [1.29, 1.82) is 0 Å². The van der Waals surface area contributed by atoms with Crippen LogP contribution < -0.4 is 10.2 Å². The van der Waals surface area contributed by atoms with Gasteiger partial charge in [0.2, 0.25) is 11.8 Å². The molecular weight excluding hydrogens is 326 g/mol. The summed E-state index contributed by atoms with van der Waals surface area (Å²) in [5.74, 6) is -0.304. The Hall–Kier alpha value is -2.82. The van der Waals surface area contributed by atoms with E-state index in [1.165, 1.54) is 4.90 Å². The topological polar surface area (TPSA) is 52.7 Å². The Morgan fingerprint density at radius 1 is 0.923 bits per heavy atom. The van der Waals surface area contributed by atoms with Gasteiger partial charge in [0.05, 0.1) is 13.1 Å². The lowest BCUT2D eigenvalue weighted by atomic mass is 10.1. The lowest BCUT2D eigenvalue weighted by molar-refractivity contribution is -0.132. The van der Waals surface area contributed by atoms with Gasteiger partial charge in [-0.1, -0.05) is 35.9 Å². The molecule has 26 heavy (non-hydrogen) atoms. The Labute approximate surface area is 155 Å². The SMILES string of the molecule is Cc1cc(C)c(NC(=O)CN(C)C(=O)CN(C)c2ccccc2)c(C)c1. The van der Waals surface area contributed by atoms with Crippen molar-refractivity contribution in [2.45, 2.75) is 20.8 Å². The van der Waals surface area contributed by atoms with E-state index < -0.39 is 0 Å². The zero-order valence-electron chi connectivity index (χ0n) is 16.2. The highest BCUT2D eigenvalue weighted by molar-refractivity contribution is 5.96. The molecule has 0 spiro atoms. The molecule has 1 N–H and O–H groups in total. The predicted octanol–water partition coefficient (Wildman–Crippen LogP) is 3.15. The van der Waals surface area contributed by atoms with Crippen LogP contribution in [0.15, 0.2) is 42.5 Å². The Morgan fingerprint density at radius 3 is 2.08 bits per heavy atom. The van der Waals surface area contributed by atoms with Gasteiger partial charge in [-0.15, -0.1) is 0 Å². The summed E-state index contributed by atoms with van der Waals surface area (Å²) in [6, 6.07) is 13.8. The zero-order chi connectivity index (χ0) is 19.3. The number of amides is 2. The highest BCUT2D eigenvalue weighted by atomic mass is 16.2. The second kappa shape index (κ2) is 8.52. The van der Waals surface area contributed by atoms with Gasteiger partial charge < -0.3 is 15.1 Å². The van der Waals surface area contributed by atoms with Crippen molar-refractivity contribution < 1.29 is 9.59 Å². The third-order valence-electron chi connectivity index (χ3n) is 4.32. The monoisotopic (exact) mass is 353 g/mol. The molecule has 138 valence electrons. The zero-order valence-corrected chi connectivity index (χ0v) is 16.2. The third-order valence-corrected chi connectivity index (χ3v) is 4.32. The second-order valence-corrected chi connectivity index (χ2v) is 6.76. The smallest absolute Gasteiger partial charge is 0.243 e. The quantitative estimate of drug-likeness (QED) is 0.868. The maximum Gasteiger partial charge on any atom is 0.243 e. The maximum absolute atomic E-state index is 12.4. The van der Waals surface area contributed by atoms with Gasteiger partial charge in [-0.2, -0.15) is 0 Å². The van der Waals surface area contributed by atoms with E-state index >= 15 is 0 Å². The highest BCUT2D eigenvalue weighted by Gasteiger charge is 2.16. The summed E-state index contributed by atoms with van der Waals surface area (Å²) in [5.41, 5.74) is 4.99. The Morgan fingerprint density at radius 2 is 1.50 bits per heavy atom. The van der Waals surface area contributed by atoms with Crippen molar-refractivity contribution in [2.75, 3.05) is 37.4 Å². The number of rotatable bonds is 6. The van der Waals surface area contributed by atoms with E-state index in [4.69, 9.17) is 0 Å². The minimum Gasteiger partial charge on any atom is -0.365 e. The summed E-state index contributed by atoms with van der Waals surface area (Å²) in [4.78, 5) is 28.1. The summed E-state index contributed by atoms with van der Waals surface area (Å²) in [5, 5.41) is 2.93. The molecule has 0 aliphatic rings. The molecule has 0 aliphatic carbocycles. The Kier molecular flexibility index (Phi) is 6.39. The summed E-state index contributed by atoms with van der Waals surface area (Å²) >= 11 is 0. The van der Waals surface area contributed by atoms with Crippen LogP contribution in [0.1, 0.15) is 16.7 Å². The number of benzene rings is 2. The fourth-order valence-corrected chi connectivity index (χ4v) is 2.96. The van der Waals surface area contributed by atoms with E-state index in [1.54, 1.807) is 7.05 Å². The fraction of sp³-hybridized carbons (Fsp3) is 0.333. The number of hydrogen-bond acceptors (Lipinski definition) is 3. The summed E-state index contributed by atoms with van der Waals surface area (Å²) in [7, 11) is 3.51. The van der Waals surface area contributed by atoms with Crippen LogP contribution in [-0.2, 0) is 9.59 Å². The van der Waals surface area contributed by atoms with Crippen LogP contribution in [0.4, 0.5) is 11.4 Å². The number of likely N-dealkylation sites (N-methyl/N-ethyl adjacent to an activating group) is 2. The number of aryl methyl sites for hydroxylation is 3. The van der Waals surface area contributed by atoms with Gasteiger partial charge in [0, 0.05) is 25.5 Å². The minimum atomic E-state index is -0.196. The molecule has 5 heteroatoms. The van der Waals surface area contributed by atoms with Gasteiger partial charge in [0.15, 0.2) is 0 Å². The molecule has 0 aromatic heterocycles. The summed E-state index contributed by atoms with van der Waals surface area (Å²) in [6.45, 7) is 6.21. The molecule has 5 nitrogen and oxygen atoms in total. The van der Waals surface area contributed by atoms with Crippen LogP contribution in [0.3, 0.4) is 0 Å². The number of carbonyl (C=O) groups is 2. The third kappa shape index (κ3) is 5.09. The molecule has 0 fully saturated rings. The number of nitrogens with one attached hydrogen (secondary N) is 1. The van der Waals surface area contributed by atoms with Gasteiger partial charge >= 0.3 is 0 Å². The van der Waals surface area contributed by atoms with E-state index in [2.05, 4.69) is 5.32 Å². The molecule has 0 unspecified atom stereocenters. The molecule has 0 radical (unpaired) electrons. The number of nitrogens with zero attached hydrogens (tertiary/aromatic N) is 2. The molecule has 0 saturated heterocycles. The first kappa shape index (κ1) is 19.5. The molecule has 2 aromatic carbocycles. The first-order valence-electron chi connectivity index (χ1n) is 8.65. The molecular formula is C21H27N3O2. The molecule has 0 bridgehead atoms. The minimum absolute atomic E-state index is 0.0220. The van der Waals surface area contributed by atoms with Crippen LogP contribution in [0.25, 0.3) is 0 Å². The van der Waals surface area contributed by atoms with E-state index in [1.807, 2.05) is 75.2 Å². The first-order chi connectivity index (χ1) is 12.3. The van der Waals surface area contributed by atoms with Gasteiger partial charge in [0.25, 0.3) is 0 Å². The van der Waals surface area contributed by atoms with Crippen LogP contribution in [-0.4, -0.2) is 43.9 Å². The molecule has 0 atom stereocenters. The van der Waals surface area contributed by atoms with Gasteiger partial charge in [-0.05, 0) is 44.0 Å². The van der Waals surface area contributed by atoms with Crippen LogP contribution in [0.5, 0.6) is 0 Å². The largest absolute Gasteiger partial charge is 0.365 e. The van der Waals surface area contributed by atoms with Crippen LogP contribution in [0, 0.1) is 20.8 Å². The molecule has 2 amide bonds. The second-order valence-electron chi connectivity index (χ2n) is 6.76. The van der Waals surface area contributed by atoms with Crippen LogP contribution >= 0.6 is 0 Å². The Balaban J connectivity index is 1.93. The summed E-state index contributed by atoms with van der Waals surface area (Å²) < 4.78 is 0. The van der Waals surface area contributed by atoms with Gasteiger partial charge in [0.1, 0.15) is 0 Å². The lowest BCUT2D eigenvalue weighted by Crippen LogP contribution is -2.40. The standard InChI is InChI=1S/C21H27N3O2/c1-15-11-16(2)21(17(3)12-15)22-19(25)13-24(5)20(26)14-23(4)18-9-7-6-8-10-18/h6-12H,13-14H2,1-5H3,(H,22,25). The number of hydrogen-bond donors (Lipinski definition) is 1. The number of carbonyl (C=O) groups excluding carboxylic acids is 2. The van der Waals surface area contributed by atoms with E-state index in [9.17, 15) is 9.59 Å². The number of para-hydroxylation sites is 1. The van der Waals surface area contributed by atoms with E-state index in [0.29, 0.717) is 0 Å². The van der Waals surface area contributed by atoms with E-state index in [0.717, 1.165) is 28.1 Å². The predicted molar refractivity (Wildman–Crippen MR) is 107 cm³/mol. The van der Waals surface area contributed by atoms with Crippen molar-refractivity contribution in [3.05, 3.63) is 59.2 Å². The van der Waals surface area contributed by atoms with Crippen molar-refractivity contribution in [3.8, 4) is 0 Å². The average molecular weight is 353 g/mol. The highest BCUT2D eigenvalue weighted by Crippen LogP contribution is 2.21. The molecule has 2 aromatic rings. The van der Waals surface area contributed by atoms with Crippen molar-refractivity contribution in [1.82, 2.24) is 4.90 Å². The maximum atomic E-state index is 12.4. The lowest BCUT2D eigenvalue weighted by Gasteiger charge is -2.23. The van der Waals surface area contributed by atoms with Crippen LogP contribution in [0.2, 0.25) is 0 Å². The van der Waals surface area contributed by atoms with E-state index in [-0.39, 0.29) is 24.9 Å². The Bertz CT molecular complexity index is 764. The number of anilines is 2. The van der Waals surface area contributed by atoms with Gasteiger partial charge in [-0.3, -0.25) is 9.59 Å². The van der Waals surface area contributed by atoms with Crippen molar-refractivity contribution in [2.24, 2.45) is 0 Å². The molecule has 2 rings (SSSR count). The van der Waals surface area contributed by atoms with Crippen molar-refractivity contribution >= 4 is 23.2 Å². The molecule has 0 saturated carbocycles. The first-order valence-corrected chi connectivity index (χ1v) is 8.65.